The second-order valence-electron chi connectivity index (χ2n) is 5.53. The number of nitrogens with one attached hydrogen (secondary N) is 2. The van der Waals surface area contributed by atoms with Gasteiger partial charge in [0.1, 0.15) is 5.84 Å². The summed E-state index contributed by atoms with van der Waals surface area (Å²) in [6.07, 6.45) is 1.54. The summed E-state index contributed by atoms with van der Waals surface area (Å²) in [5.74, 6) is 0.423. The number of rotatable bonds is 4. The lowest BCUT2D eigenvalue weighted by Gasteiger charge is -2.18. The van der Waals surface area contributed by atoms with Crippen LogP contribution in [0.5, 0.6) is 0 Å². The summed E-state index contributed by atoms with van der Waals surface area (Å²) in [6, 6.07) is 14.3. The molecule has 1 aliphatic heterocycles. The lowest BCUT2D eigenvalue weighted by atomic mass is 10.1. The van der Waals surface area contributed by atoms with Gasteiger partial charge in [0.15, 0.2) is 5.13 Å². The first-order valence-corrected chi connectivity index (χ1v) is 9.88. The van der Waals surface area contributed by atoms with Crippen LogP contribution in [0.1, 0.15) is 11.1 Å². The molecule has 2 aromatic carbocycles. The number of anilines is 2. The molecule has 0 amide bonds. The van der Waals surface area contributed by atoms with Gasteiger partial charge in [-0.3, -0.25) is 10.1 Å². The SMILES string of the molecule is Br.N=C1c2ccccc2CN1c1ccc(S(=O)(=O)Nc2nccs2)cc1. The highest BCUT2D eigenvalue weighted by Gasteiger charge is 2.25. The molecule has 6 nitrogen and oxygen atoms in total. The van der Waals surface area contributed by atoms with Gasteiger partial charge in [-0.15, -0.1) is 28.3 Å². The van der Waals surface area contributed by atoms with E-state index in [1.165, 1.54) is 11.3 Å². The molecule has 0 saturated carbocycles. The zero-order valence-electron chi connectivity index (χ0n) is 13.4. The Morgan fingerprint density at radius 2 is 1.85 bits per heavy atom. The second kappa shape index (κ2) is 7.18. The number of hydrogen-bond donors (Lipinski definition) is 2. The number of hydrogen-bond acceptors (Lipinski definition) is 5. The number of fused-ring (bicyclic) bond motifs is 1. The molecule has 0 fully saturated rings. The van der Waals surface area contributed by atoms with Gasteiger partial charge in [0.25, 0.3) is 10.0 Å². The predicted octanol–water partition coefficient (Wildman–Crippen LogP) is 3.87. The molecule has 1 aliphatic rings. The van der Waals surface area contributed by atoms with Gasteiger partial charge >= 0.3 is 0 Å². The van der Waals surface area contributed by atoms with E-state index in [1.807, 2.05) is 29.2 Å². The van der Waals surface area contributed by atoms with Crippen molar-refractivity contribution in [1.29, 1.82) is 5.41 Å². The van der Waals surface area contributed by atoms with Gasteiger partial charge < -0.3 is 4.90 Å². The number of aromatic nitrogens is 1. The van der Waals surface area contributed by atoms with Crippen LogP contribution in [0.25, 0.3) is 0 Å². The second-order valence-corrected chi connectivity index (χ2v) is 8.11. The molecule has 26 heavy (non-hydrogen) atoms. The van der Waals surface area contributed by atoms with Gasteiger partial charge in [0.2, 0.25) is 0 Å². The summed E-state index contributed by atoms with van der Waals surface area (Å²) in [6.45, 7) is 0.610. The molecule has 0 saturated heterocycles. The fraction of sp³-hybridized carbons (Fsp3) is 0.0588. The monoisotopic (exact) mass is 450 g/mol. The van der Waals surface area contributed by atoms with E-state index in [1.54, 1.807) is 35.8 Å². The van der Waals surface area contributed by atoms with E-state index in [-0.39, 0.29) is 21.9 Å². The van der Waals surface area contributed by atoms with Crippen LogP contribution < -0.4 is 9.62 Å². The van der Waals surface area contributed by atoms with Crippen molar-refractivity contribution in [3.63, 3.8) is 0 Å². The summed E-state index contributed by atoms with van der Waals surface area (Å²) >= 11 is 1.22. The molecule has 3 aromatic rings. The van der Waals surface area contributed by atoms with Crippen LogP contribution in [0.2, 0.25) is 0 Å². The summed E-state index contributed by atoms with van der Waals surface area (Å²) in [7, 11) is -3.66. The van der Waals surface area contributed by atoms with Gasteiger partial charge in [0.05, 0.1) is 11.4 Å². The quantitative estimate of drug-likeness (QED) is 0.631. The lowest BCUT2D eigenvalue weighted by Crippen LogP contribution is -2.23. The normalized spacial score (nSPS) is 13.2. The van der Waals surface area contributed by atoms with Crippen LogP contribution in [0, 0.1) is 5.41 Å². The molecule has 0 radical (unpaired) electrons. The van der Waals surface area contributed by atoms with E-state index >= 15 is 0 Å². The number of nitrogens with zero attached hydrogens (tertiary/aromatic N) is 2. The Kier molecular flexibility index (Phi) is 5.12. The average molecular weight is 451 g/mol. The van der Waals surface area contributed by atoms with Crippen molar-refractivity contribution >= 4 is 55.0 Å². The Balaban J connectivity index is 0.00000196. The van der Waals surface area contributed by atoms with Crippen LogP contribution in [-0.4, -0.2) is 19.2 Å². The van der Waals surface area contributed by atoms with Gasteiger partial charge in [-0.25, -0.2) is 13.4 Å². The highest BCUT2D eigenvalue weighted by molar-refractivity contribution is 8.93. The minimum Gasteiger partial charge on any atom is -0.322 e. The molecule has 0 bridgehead atoms. The molecular weight excluding hydrogens is 436 g/mol. The third-order valence-corrected chi connectivity index (χ3v) is 6.16. The maximum absolute atomic E-state index is 12.4. The zero-order chi connectivity index (χ0) is 17.4. The van der Waals surface area contributed by atoms with E-state index in [9.17, 15) is 8.42 Å². The maximum atomic E-state index is 12.4. The molecule has 0 atom stereocenters. The summed E-state index contributed by atoms with van der Waals surface area (Å²) in [4.78, 5) is 5.95. The third kappa shape index (κ3) is 3.37. The van der Waals surface area contributed by atoms with E-state index in [4.69, 9.17) is 5.41 Å². The van der Waals surface area contributed by atoms with Gasteiger partial charge in [0, 0.05) is 22.8 Å². The first kappa shape index (κ1) is 18.6. The van der Waals surface area contributed by atoms with E-state index < -0.39 is 10.0 Å². The summed E-state index contributed by atoms with van der Waals surface area (Å²) < 4.78 is 27.2. The number of thiazole rings is 1. The fourth-order valence-corrected chi connectivity index (χ4v) is 4.55. The molecular formula is C17H15BrN4O2S2. The van der Waals surface area contributed by atoms with Gasteiger partial charge in [-0.05, 0) is 29.8 Å². The summed E-state index contributed by atoms with van der Waals surface area (Å²) in [5.41, 5.74) is 2.79. The first-order valence-electron chi connectivity index (χ1n) is 7.51. The van der Waals surface area contributed by atoms with Crippen molar-refractivity contribution in [1.82, 2.24) is 4.98 Å². The fourth-order valence-electron chi connectivity index (χ4n) is 2.76. The average Bonchev–Trinajstić information content (AvgIpc) is 3.23. The van der Waals surface area contributed by atoms with Crippen LogP contribution in [0.15, 0.2) is 65.0 Å². The van der Waals surface area contributed by atoms with Crippen LogP contribution in [0.3, 0.4) is 0 Å². The maximum Gasteiger partial charge on any atom is 0.263 e. The summed E-state index contributed by atoms with van der Waals surface area (Å²) in [5, 5.41) is 10.4. The van der Waals surface area contributed by atoms with E-state index in [0.717, 1.165) is 16.8 Å². The largest absolute Gasteiger partial charge is 0.322 e. The Bertz CT molecular complexity index is 1030. The third-order valence-electron chi connectivity index (χ3n) is 3.98. The van der Waals surface area contributed by atoms with Crippen molar-refractivity contribution in [2.75, 3.05) is 9.62 Å². The standard InChI is InChI=1S/C17H14N4O2S2.BrH/c18-16-15-4-2-1-3-12(15)11-21(16)13-5-7-14(8-6-13)25(22,23)20-17-19-9-10-24-17;/h1-10,18H,11H2,(H,19,20);1H. The molecule has 134 valence electrons. The van der Waals surface area contributed by atoms with E-state index in [2.05, 4.69) is 9.71 Å². The van der Waals surface area contributed by atoms with Crippen molar-refractivity contribution in [2.24, 2.45) is 0 Å². The lowest BCUT2D eigenvalue weighted by molar-refractivity contribution is 0.601. The minimum absolute atomic E-state index is 0. The van der Waals surface area contributed by atoms with Crippen LogP contribution >= 0.6 is 28.3 Å². The molecule has 0 spiro atoms. The molecule has 2 N–H and O–H groups in total. The topological polar surface area (TPSA) is 86.2 Å². The van der Waals surface area contributed by atoms with Crippen molar-refractivity contribution in [3.05, 3.63) is 71.2 Å². The molecule has 0 unspecified atom stereocenters. The Morgan fingerprint density at radius 1 is 1.12 bits per heavy atom. The molecule has 1 aromatic heterocycles. The molecule has 0 aliphatic carbocycles. The zero-order valence-corrected chi connectivity index (χ0v) is 16.8. The van der Waals surface area contributed by atoms with Crippen molar-refractivity contribution < 1.29 is 8.42 Å². The van der Waals surface area contributed by atoms with Crippen LogP contribution in [0.4, 0.5) is 10.8 Å². The molecule has 4 rings (SSSR count). The van der Waals surface area contributed by atoms with Crippen LogP contribution in [-0.2, 0) is 16.6 Å². The predicted molar refractivity (Wildman–Crippen MR) is 109 cm³/mol. The Labute approximate surface area is 165 Å². The number of benzene rings is 2. The molecule has 9 heteroatoms. The van der Waals surface area contributed by atoms with Crippen molar-refractivity contribution in [3.8, 4) is 0 Å². The number of halogens is 1. The first-order chi connectivity index (χ1) is 12.0. The number of sulfonamides is 1. The highest BCUT2D eigenvalue weighted by Crippen LogP contribution is 2.29. The highest BCUT2D eigenvalue weighted by atomic mass is 79.9. The smallest absolute Gasteiger partial charge is 0.263 e. The molecule has 2 heterocycles. The van der Waals surface area contributed by atoms with Gasteiger partial charge in [-0.1, -0.05) is 24.3 Å². The Morgan fingerprint density at radius 3 is 2.50 bits per heavy atom. The van der Waals surface area contributed by atoms with Crippen molar-refractivity contribution in [2.45, 2.75) is 11.4 Å². The number of amidine groups is 1. The minimum atomic E-state index is -3.66. The van der Waals surface area contributed by atoms with Gasteiger partial charge in [-0.2, -0.15) is 0 Å². The Hall–Kier alpha value is -2.23. The van der Waals surface area contributed by atoms with E-state index in [0.29, 0.717) is 17.5 Å².